The van der Waals surface area contributed by atoms with Gasteiger partial charge in [-0.2, -0.15) is 0 Å². The van der Waals surface area contributed by atoms with Crippen molar-refractivity contribution in [1.29, 1.82) is 0 Å². The zero-order chi connectivity index (χ0) is 33.7. The number of aromatic nitrogens is 2. The lowest BCUT2D eigenvalue weighted by atomic mass is 9.93. The average Bonchev–Trinajstić information content (AvgIpc) is 3.60. The molecule has 10 aromatic rings. The topological polar surface area (TPSA) is 38.9 Å². The van der Waals surface area contributed by atoms with E-state index in [0.29, 0.717) is 0 Å². The van der Waals surface area contributed by atoms with Crippen molar-refractivity contribution in [2.45, 2.75) is 0 Å². The Morgan fingerprint density at radius 1 is 0.333 bits per heavy atom. The maximum absolute atomic E-state index is 6.50. The Hall–Kier alpha value is -6.84. The Labute approximate surface area is 295 Å². The monoisotopic (exact) mass is 650 g/mol. The summed E-state index contributed by atoms with van der Waals surface area (Å²) in [5, 5.41) is 4.27. The summed E-state index contributed by atoms with van der Waals surface area (Å²) in [7, 11) is 0. The molecule has 3 heteroatoms. The van der Waals surface area contributed by atoms with Gasteiger partial charge >= 0.3 is 0 Å². The van der Waals surface area contributed by atoms with Gasteiger partial charge in [0.2, 0.25) is 0 Å². The molecule has 0 bridgehead atoms. The molecule has 0 unspecified atom stereocenters. The minimum Gasteiger partial charge on any atom is -0.456 e. The third kappa shape index (κ3) is 5.06. The lowest BCUT2D eigenvalue weighted by Gasteiger charge is -2.13. The van der Waals surface area contributed by atoms with E-state index in [9.17, 15) is 0 Å². The third-order valence-electron chi connectivity index (χ3n) is 9.89. The van der Waals surface area contributed by atoms with Crippen LogP contribution >= 0.6 is 0 Å². The fourth-order valence-electron chi connectivity index (χ4n) is 7.35. The third-order valence-corrected chi connectivity index (χ3v) is 9.89. The first-order valence-corrected chi connectivity index (χ1v) is 17.2. The van der Waals surface area contributed by atoms with E-state index in [1.54, 1.807) is 0 Å². The number of hydrogen-bond donors (Lipinski definition) is 0. The van der Waals surface area contributed by atoms with Gasteiger partial charge in [-0.3, -0.25) is 0 Å². The number of pyridine rings is 2. The standard InChI is InChI=1S/C48H30N2O/c1-4-11-31(12-5-1)32-19-21-33(22-20-32)36-24-28-44-41(29-36)46-38(17-10-18-45(46)51-44)40-30-37-23-26-42(34-13-6-2-7-14-34)49-47(37)48-39(40)25-27-43(50-48)35-15-8-3-9-16-35/h1-30H. The van der Waals surface area contributed by atoms with Gasteiger partial charge in [-0.25, -0.2) is 9.97 Å². The summed E-state index contributed by atoms with van der Waals surface area (Å²) in [4.78, 5) is 10.6. The molecule has 0 amide bonds. The van der Waals surface area contributed by atoms with E-state index in [0.717, 1.165) is 88.5 Å². The number of furan rings is 1. The summed E-state index contributed by atoms with van der Waals surface area (Å²) < 4.78 is 6.50. The van der Waals surface area contributed by atoms with Crippen LogP contribution in [-0.4, -0.2) is 9.97 Å². The highest BCUT2D eigenvalue weighted by molar-refractivity contribution is 6.19. The van der Waals surface area contributed by atoms with Crippen LogP contribution in [0.15, 0.2) is 186 Å². The smallest absolute Gasteiger partial charge is 0.136 e. The van der Waals surface area contributed by atoms with Gasteiger partial charge < -0.3 is 4.42 Å². The normalized spacial score (nSPS) is 11.5. The predicted molar refractivity (Wildman–Crippen MR) is 212 cm³/mol. The summed E-state index contributed by atoms with van der Waals surface area (Å²) in [6.45, 7) is 0. The minimum absolute atomic E-state index is 0.860. The molecule has 0 saturated carbocycles. The Bertz CT molecular complexity index is 2880. The molecule has 3 nitrogen and oxygen atoms in total. The van der Waals surface area contributed by atoms with E-state index in [1.807, 2.05) is 12.1 Å². The van der Waals surface area contributed by atoms with Gasteiger partial charge in [0.05, 0.1) is 22.4 Å². The number of benzene rings is 7. The lowest BCUT2D eigenvalue weighted by molar-refractivity contribution is 0.669. The first-order valence-electron chi connectivity index (χ1n) is 17.2. The van der Waals surface area contributed by atoms with Gasteiger partial charge in [0.15, 0.2) is 0 Å². The summed E-state index contributed by atoms with van der Waals surface area (Å²) in [5.74, 6) is 0. The van der Waals surface area contributed by atoms with Gasteiger partial charge in [-0.05, 0) is 75.8 Å². The quantitative estimate of drug-likeness (QED) is 0.174. The molecule has 51 heavy (non-hydrogen) atoms. The molecule has 0 aliphatic rings. The van der Waals surface area contributed by atoms with Gasteiger partial charge in [-0.1, -0.05) is 140 Å². The zero-order valence-corrected chi connectivity index (χ0v) is 27.6. The number of hydrogen-bond acceptors (Lipinski definition) is 3. The van der Waals surface area contributed by atoms with E-state index >= 15 is 0 Å². The van der Waals surface area contributed by atoms with Crippen molar-refractivity contribution in [3.8, 4) is 55.9 Å². The molecule has 3 aromatic heterocycles. The van der Waals surface area contributed by atoms with Gasteiger partial charge in [-0.15, -0.1) is 0 Å². The second-order valence-corrected chi connectivity index (χ2v) is 13.0. The second kappa shape index (κ2) is 11.9. The van der Waals surface area contributed by atoms with Crippen molar-refractivity contribution < 1.29 is 4.42 Å². The predicted octanol–water partition coefficient (Wildman–Crippen LogP) is 13.0. The van der Waals surface area contributed by atoms with Crippen LogP contribution in [0.5, 0.6) is 0 Å². The van der Waals surface area contributed by atoms with E-state index in [-0.39, 0.29) is 0 Å². The summed E-state index contributed by atoms with van der Waals surface area (Å²) in [6, 6.07) is 63.7. The molecule has 0 aliphatic heterocycles. The first kappa shape index (κ1) is 29.1. The Kier molecular flexibility index (Phi) is 6.81. The van der Waals surface area contributed by atoms with Gasteiger partial charge in [0.25, 0.3) is 0 Å². The van der Waals surface area contributed by atoms with Crippen LogP contribution in [0, 0.1) is 0 Å². The van der Waals surface area contributed by atoms with Crippen LogP contribution in [0.3, 0.4) is 0 Å². The van der Waals surface area contributed by atoms with Crippen LogP contribution in [0.25, 0.3) is 99.6 Å². The molecule has 238 valence electrons. The highest BCUT2D eigenvalue weighted by atomic mass is 16.3. The summed E-state index contributed by atoms with van der Waals surface area (Å²) >= 11 is 0. The van der Waals surface area contributed by atoms with Crippen molar-refractivity contribution in [3.63, 3.8) is 0 Å². The Morgan fingerprint density at radius 2 is 0.902 bits per heavy atom. The highest BCUT2D eigenvalue weighted by Crippen LogP contribution is 2.43. The molecule has 0 radical (unpaired) electrons. The summed E-state index contributed by atoms with van der Waals surface area (Å²) in [5.41, 5.74) is 14.4. The lowest BCUT2D eigenvalue weighted by Crippen LogP contribution is -1.93. The zero-order valence-electron chi connectivity index (χ0n) is 27.6. The molecule has 0 fully saturated rings. The van der Waals surface area contributed by atoms with Crippen molar-refractivity contribution in [1.82, 2.24) is 9.97 Å². The highest BCUT2D eigenvalue weighted by Gasteiger charge is 2.19. The molecule has 7 aromatic carbocycles. The van der Waals surface area contributed by atoms with Gasteiger partial charge in [0.1, 0.15) is 11.2 Å². The molecule has 0 aliphatic carbocycles. The molecule has 3 heterocycles. The van der Waals surface area contributed by atoms with E-state index in [2.05, 4.69) is 170 Å². The molecule has 0 atom stereocenters. The van der Waals surface area contributed by atoms with Crippen molar-refractivity contribution in [2.24, 2.45) is 0 Å². The van der Waals surface area contributed by atoms with E-state index in [4.69, 9.17) is 14.4 Å². The van der Waals surface area contributed by atoms with Crippen molar-refractivity contribution in [3.05, 3.63) is 182 Å². The van der Waals surface area contributed by atoms with Crippen LogP contribution in [0.4, 0.5) is 0 Å². The fourth-order valence-corrected chi connectivity index (χ4v) is 7.35. The Morgan fingerprint density at radius 3 is 1.59 bits per heavy atom. The minimum atomic E-state index is 0.860. The maximum Gasteiger partial charge on any atom is 0.136 e. The number of nitrogens with zero attached hydrogens (tertiary/aromatic N) is 2. The fraction of sp³-hybridized carbons (Fsp3) is 0. The van der Waals surface area contributed by atoms with E-state index < -0.39 is 0 Å². The number of rotatable bonds is 5. The average molecular weight is 651 g/mol. The molecular formula is C48H30N2O. The van der Waals surface area contributed by atoms with Crippen molar-refractivity contribution >= 4 is 43.7 Å². The Balaban J connectivity index is 1.18. The van der Waals surface area contributed by atoms with Crippen LogP contribution in [0.2, 0.25) is 0 Å². The summed E-state index contributed by atoms with van der Waals surface area (Å²) in [6.07, 6.45) is 0. The SMILES string of the molecule is c1ccc(-c2ccc(-c3ccc4oc5cccc(-c6cc7ccc(-c8ccccc8)nc7c7nc(-c8ccccc8)ccc67)c5c4c3)cc2)cc1. The largest absolute Gasteiger partial charge is 0.456 e. The molecule has 10 rings (SSSR count). The first-order chi connectivity index (χ1) is 25.3. The van der Waals surface area contributed by atoms with Gasteiger partial charge in [0, 0.05) is 32.7 Å². The van der Waals surface area contributed by atoms with Crippen LogP contribution < -0.4 is 0 Å². The van der Waals surface area contributed by atoms with Crippen molar-refractivity contribution in [2.75, 3.05) is 0 Å². The van der Waals surface area contributed by atoms with Crippen LogP contribution in [-0.2, 0) is 0 Å². The number of fused-ring (bicyclic) bond motifs is 6. The van der Waals surface area contributed by atoms with Crippen LogP contribution in [0.1, 0.15) is 0 Å². The second-order valence-electron chi connectivity index (χ2n) is 13.0. The molecule has 0 saturated heterocycles. The maximum atomic E-state index is 6.50. The molecular weight excluding hydrogens is 621 g/mol. The molecule has 0 N–H and O–H groups in total. The van der Waals surface area contributed by atoms with E-state index in [1.165, 1.54) is 11.1 Å². The molecule has 0 spiro atoms.